The molecule has 2 heterocycles. The van der Waals surface area contributed by atoms with Gasteiger partial charge in [-0.1, -0.05) is 0 Å². The molecule has 2 fully saturated rings. The Kier molecular flexibility index (Phi) is 5.21. The molecule has 0 amide bonds. The number of benzene rings is 1. The van der Waals surface area contributed by atoms with Gasteiger partial charge in [0.25, 0.3) is 0 Å². The number of carbonyl (C=O) groups excluding carboxylic acids is 1. The van der Waals surface area contributed by atoms with E-state index in [4.69, 9.17) is 0 Å². The summed E-state index contributed by atoms with van der Waals surface area (Å²) in [5.74, 6) is 0.567. The molecule has 1 N–H and O–H groups in total. The molecule has 1 aromatic rings. The molecule has 120 valence electrons. The Morgan fingerprint density at radius 2 is 2.05 bits per heavy atom. The molecule has 2 unspecified atom stereocenters. The van der Waals surface area contributed by atoms with E-state index in [0.29, 0.717) is 18.0 Å². The van der Waals surface area contributed by atoms with Gasteiger partial charge in [0, 0.05) is 24.6 Å². The van der Waals surface area contributed by atoms with Crippen molar-refractivity contribution in [2.45, 2.75) is 38.1 Å². The molecule has 2 atom stereocenters. The molecular formula is C18H25FN2O. The van der Waals surface area contributed by atoms with Gasteiger partial charge in [-0.3, -0.25) is 9.69 Å². The van der Waals surface area contributed by atoms with Crippen LogP contribution in [0.1, 0.15) is 42.5 Å². The highest BCUT2D eigenvalue weighted by molar-refractivity contribution is 5.96. The SMILES string of the molecule is O=C(CC1CCCN1CC1CCCNC1)c1ccc(F)cc1. The fourth-order valence-corrected chi connectivity index (χ4v) is 3.75. The molecule has 0 aliphatic carbocycles. The number of hydrogen-bond donors (Lipinski definition) is 1. The van der Waals surface area contributed by atoms with Gasteiger partial charge >= 0.3 is 0 Å². The van der Waals surface area contributed by atoms with Crippen LogP contribution in [-0.2, 0) is 0 Å². The Balaban J connectivity index is 1.56. The Bertz CT molecular complexity index is 496. The summed E-state index contributed by atoms with van der Waals surface area (Å²) in [7, 11) is 0. The lowest BCUT2D eigenvalue weighted by Crippen LogP contribution is -2.40. The van der Waals surface area contributed by atoms with E-state index in [0.717, 1.165) is 38.5 Å². The van der Waals surface area contributed by atoms with Crippen LogP contribution in [0, 0.1) is 11.7 Å². The number of rotatable bonds is 5. The second kappa shape index (κ2) is 7.34. The lowest BCUT2D eigenvalue weighted by Gasteiger charge is -2.31. The molecule has 0 spiro atoms. The van der Waals surface area contributed by atoms with Crippen LogP contribution >= 0.6 is 0 Å². The molecule has 2 saturated heterocycles. The van der Waals surface area contributed by atoms with Crippen molar-refractivity contribution < 1.29 is 9.18 Å². The lowest BCUT2D eigenvalue weighted by atomic mass is 9.97. The maximum atomic E-state index is 13.0. The first kappa shape index (κ1) is 15.6. The summed E-state index contributed by atoms with van der Waals surface area (Å²) in [6, 6.07) is 6.30. The van der Waals surface area contributed by atoms with Crippen LogP contribution in [0.3, 0.4) is 0 Å². The minimum absolute atomic E-state index is 0.138. The quantitative estimate of drug-likeness (QED) is 0.849. The highest BCUT2D eigenvalue weighted by atomic mass is 19.1. The molecule has 0 saturated carbocycles. The molecule has 0 aromatic heterocycles. The van der Waals surface area contributed by atoms with Crippen molar-refractivity contribution in [1.29, 1.82) is 0 Å². The highest BCUT2D eigenvalue weighted by Crippen LogP contribution is 2.24. The summed E-state index contributed by atoms with van der Waals surface area (Å²) in [6.45, 7) is 4.46. The van der Waals surface area contributed by atoms with Crippen molar-refractivity contribution >= 4 is 5.78 Å². The van der Waals surface area contributed by atoms with Crippen LogP contribution in [-0.4, -0.2) is 42.9 Å². The lowest BCUT2D eigenvalue weighted by molar-refractivity contribution is 0.0930. The van der Waals surface area contributed by atoms with E-state index in [1.807, 2.05) is 0 Å². The molecule has 3 nitrogen and oxygen atoms in total. The highest BCUT2D eigenvalue weighted by Gasteiger charge is 2.29. The molecule has 4 heteroatoms. The zero-order valence-electron chi connectivity index (χ0n) is 13.1. The number of hydrogen-bond acceptors (Lipinski definition) is 3. The minimum atomic E-state index is -0.288. The average molecular weight is 304 g/mol. The maximum absolute atomic E-state index is 13.0. The summed E-state index contributed by atoms with van der Waals surface area (Å²) in [4.78, 5) is 14.9. The topological polar surface area (TPSA) is 32.3 Å². The monoisotopic (exact) mass is 304 g/mol. The Morgan fingerprint density at radius 3 is 2.77 bits per heavy atom. The van der Waals surface area contributed by atoms with Crippen LogP contribution in [0.2, 0.25) is 0 Å². The number of likely N-dealkylation sites (tertiary alicyclic amines) is 1. The van der Waals surface area contributed by atoms with E-state index in [-0.39, 0.29) is 11.6 Å². The normalized spacial score (nSPS) is 26.2. The standard InChI is InChI=1S/C18H25FN2O/c19-16-7-5-15(6-8-16)18(22)11-17-4-2-10-21(17)13-14-3-1-9-20-12-14/h5-8,14,17,20H,1-4,9-13H2. The van der Waals surface area contributed by atoms with Crippen molar-refractivity contribution in [1.82, 2.24) is 10.2 Å². The van der Waals surface area contributed by atoms with Crippen molar-refractivity contribution in [3.8, 4) is 0 Å². The average Bonchev–Trinajstić information content (AvgIpc) is 2.96. The predicted molar refractivity (Wildman–Crippen MR) is 85.5 cm³/mol. The number of ketones is 1. The van der Waals surface area contributed by atoms with Gasteiger partial charge in [-0.05, 0) is 75.5 Å². The summed E-state index contributed by atoms with van der Waals surface area (Å²) in [5.41, 5.74) is 0.632. The van der Waals surface area contributed by atoms with Gasteiger partial charge in [-0.15, -0.1) is 0 Å². The zero-order chi connectivity index (χ0) is 15.4. The van der Waals surface area contributed by atoms with Crippen LogP contribution in [0.4, 0.5) is 4.39 Å². The van der Waals surface area contributed by atoms with Crippen molar-refractivity contribution in [2.75, 3.05) is 26.2 Å². The summed E-state index contributed by atoms with van der Waals surface area (Å²) < 4.78 is 13.0. The maximum Gasteiger partial charge on any atom is 0.164 e. The van der Waals surface area contributed by atoms with Crippen LogP contribution in [0.5, 0.6) is 0 Å². The molecular weight excluding hydrogens is 279 g/mol. The van der Waals surface area contributed by atoms with Gasteiger partial charge in [0.2, 0.25) is 0 Å². The number of piperidine rings is 1. The van der Waals surface area contributed by atoms with Gasteiger partial charge in [0.1, 0.15) is 5.82 Å². The first-order chi connectivity index (χ1) is 10.7. The van der Waals surface area contributed by atoms with Crippen molar-refractivity contribution in [3.05, 3.63) is 35.6 Å². The van der Waals surface area contributed by atoms with E-state index in [1.54, 1.807) is 12.1 Å². The number of carbonyl (C=O) groups is 1. The summed E-state index contributed by atoms with van der Waals surface area (Å²) in [5, 5.41) is 3.47. The molecule has 22 heavy (non-hydrogen) atoms. The molecule has 1 aromatic carbocycles. The number of Topliss-reactive ketones (excluding diaryl/α,β-unsaturated/α-hetero) is 1. The van der Waals surface area contributed by atoms with E-state index in [9.17, 15) is 9.18 Å². The van der Waals surface area contributed by atoms with Gasteiger partial charge in [-0.2, -0.15) is 0 Å². The smallest absolute Gasteiger partial charge is 0.164 e. The van der Waals surface area contributed by atoms with Crippen LogP contribution < -0.4 is 5.32 Å². The second-order valence-corrected chi connectivity index (χ2v) is 6.64. The zero-order valence-corrected chi connectivity index (χ0v) is 13.1. The van der Waals surface area contributed by atoms with Gasteiger partial charge < -0.3 is 5.32 Å². The largest absolute Gasteiger partial charge is 0.316 e. The Morgan fingerprint density at radius 1 is 1.23 bits per heavy atom. The minimum Gasteiger partial charge on any atom is -0.316 e. The predicted octanol–water partition coefficient (Wildman–Crippen LogP) is 2.86. The summed E-state index contributed by atoms with van der Waals surface area (Å²) >= 11 is 0. The van der Waals surface area contributed by atoms with Crippen molar-refractivity contribution in [2.24, 2.45) is 5.92 Å². The van der Waals surface area contributed by atoms with Crippen LogP contribution in [0.25, 0.3) is 0 Å². The third-order valence-electron chi connectivity index (χ3n) is 4.98. The van der Waals surface area contributed by atoms with E-state index in [1.165, 1.54) is 31.4 Å². The van der Waals surface area contributed by atoms with E-state index < -0.39 is 0 Å². The van der Waals surface area contributed by atoms with Gasteiger partial charge in [0.15, 0.2) is 5.78 Å². The number of nitrogens with zero attached hydrogens (tertiary/aromatic N) is 1. The molecule has 0 bridgehead atoms. The molecule has 3 rings (SSSR count). The van der Waals surface area contributed by atoms with Gasteiger partial charge in [-0.25, -0.2) is 4.39 Å². The number of nitrogens with one attached hydrogen (secondary N) is 1. The third-order valence-corrected chi connectivity index (χ3v) is 4.98. The summed E-state index contributed by atoms with van der Waals surface area (Å²) in [6.07, 6.45) is 5.40. The third kappa shape index (κ3) is 3.93. The fourth-order valence-electron chi connectivity index (χ4n) is 3.75. The second-order valence-electron chi connectivity index (χ2n) is 6.64. The van der Waals surface area contributed by atoms with Crippen LogP contribution in [0.15, 0.2) is 24.3 Å². The van der Waals surface area contributed by atoms with Crippen molar-refractivity contribution in [3.63, 3.8) is 0 Å². The molecule has 2 aliphatic heterocycles. The Labute approximate surface area is 131 Å². The number of halogens is 1. The fraction of sp³-hybridized carbons (Fsp3) is 0.611. The van der Waals surface area contributed by atoms with Gasteiger partial charge in [0.05, 0.1) is 0 Å². The first-order valence-electron chi connectivity index (χ1n) is 8.46. The first-order valence-corrected chi connectivity index (χ1v) is 8.46. The van der Waals surface area contributed by atoms with E-state index in [2.05, 4.69) is 10.2 Å². The van der Waals surface area contributed by atoms with E-state index >= 15 is 0 Å². The molecule has 2 aliphatic rings. The molecule has 0 radical (unpaired) electrons. The Hall–Kier alpha value is -1.26.